The number of ketones is 1. The third-order valence-electron chi connectivity index (χ3n) is 3.30. The van der Waals surface area contributed by atoms with Gasteiger partial charge in [0.05, 0.1) is 5.41 Å². The third-order valence-corrected chi connectivity index (χ3v) is 3.77. The maximum Gasteiger partial charge on any atom is 0.312 e. The number of carbonyl (C=O) groups excluding carboxylic acids is 2. The second-order valence-electron chi connectivity index (χ2n) is 6.21. The summed E-state index contributed by atoms with van der Waals surface area (Å²) in [7, 11) is 0. The molecule has 2 rings (SSSR count). The molecule has 21 heavy (non-hydrogen) atoms. The van der Waals surface area contributed by atoms with Crippen molar-refractivity contribution in [1.29, 1.82) is 0 Å². The lowest BCUT2D eigenvalue weighted by atomic mass is 9.97. The van der Waals surface area contributed by atoms with Gasteiger partial charge in [0.1, 0.15) is 5.69 Å². The van der Waals surface area contributed by atoms with E-state index in [2.05, 4.69) is 26.2 Å². The standard InChI is InChI=1S/C15H19BrN2O3/c1-15(2,3)14(20)21-12-6-9(7-18-12)13(19)11-5-4-10(16)8-17-11/h4-5,8-9,12,18H,6-7H2,1-3H3. The zero-order valence-electron chi connectivity index (χ0n) is 12.4. The van der Waals surface area contributed by atoms with E-state index in [1.807, 2.05) is 0 Å². The Labute approximate surface area is 132 Å². The molecule has 0 aromatic carbocycles. The van der Waals surface area contributed by atoms with E-state index >= 15 is 0 Å². The minimum atomic E-state index is -0.545. The van der Waals surface area contributed by atoms with Crippen molar-refractivity contribution >= 4 is 27.7 Å². The van der Waals surface area contributed by atoms with Gasteiger partial charge in [-0.25, -0.2) is 0 Å². The normalized spacial score (nSPS) is 22.1. The van der Waals surface area contributed by atoms with Gasteiger partial charge >= 0.3 is 5.97 Å². The number of pyridine rings is 1. The average molecular weight is 355 g/mol. The van der Waals surface area contributed by atoms with Crippen molar-refractivity contribution in [3.05, 3.63) is 28.5 Å². The Morgan fingerprint density at radius 3 is 2.67 bits per heavy atom. The number of Topliss-reactive ketones (excluding diaryl/α,β-unsaturated/α-hetero) is 1. The smallest absolute Gasteiger partial charge is 0.312 e. The summed E-state index contributed by atoms with van der Waals surface area (Å²) in [6, 6.07) is 3.49. The molecule has 2 heterocycles. The lowest BCUT2D eigenvalue weighted by Crippen LogP contribution is -2.33. The second-order valence-corrected chi connectivity index (χ2v) is 7.13. The number of halogens is 1. The Kier molecular flexibility index (Phi) is 4.78. The molecule has 0 saturated carbocycles. The minimum Gasteiger partial charge on any atom is -0.446 e. The predicted octanol–water partition coefficient (Wildman–Crippen LogP) is 2.55. The van der Waals surface area contributed by atoms with Crippen LogP contribution in [-0.4, -0.2) is 29.5 Å². The number of aromatic nitrogens is 1. The molecule has 5 nitrogen and oxygen atoms in total. The van der Waals surface area contributed by atoms with E-state index in [1.165, 1.54) is 0 Å². The summed E-state index contributed by atoms with van der Waals surface area (Å²) < 4.78 is 6.21. The van der Waals surface area contributed by atoms with E-state index in [1.54, 1.807) is 39.1 Å². The van der Waals surface area contributed by atoms with Crippen LogP contribution in [0.2, 0.25) is 0 Å². The number of ether oxygens (including phenoxy) is 1. The minimum absolute atomic E-state index is 0.0238. The molecule has 0 aliphatic carbocycles. The highest BCUT2D eigenvalue weighted by Crippen LogP contribution is 2.23. The SMILES string of the molecule is CC(C)(C)C(=O)OC1CC(C(=O)c2ccc(Br)cn2)CN1. The van der Waals surface area contributed by atoms with Gasteiger partial charge in [0.25, 0.3) is 0 Å². The van der Waals surface area contributed by atoms with Crippen molar-refractivity contribution in [1.82, 2.24) is 10.3 Å². The van der Waals surface area contributed by atoms with Gasteiger partial charge in [-0.15, -0.1) is 0 Å². The lowest BCUT2D eigenvalue weighted by molar-refractivity contribution is -0.159. The van der Waals surface area contributed by atoms with Crippen LogP contribution < -0.4 is 5.32 Å². The van der Waals surface area contributed by atoms with E-state index < -0.39 is 11.6 Å². The summed E-state index contributed by atoms with van der Waals surface area (Å²) in [4.78, 5) is 28.3. The van der Waals surface area contributed by atoms with E-state index in [4.69, 9.17) is 4.74 Å². The van der Waals surface area contributed by atoms with Crippen molar-refractivity contribution < 1.29 is 14.3 Å². The molecule has 0 radical (unpaired) electrons. The predicted molar refractivity (Wildman–Crippen MR) is 81.7 cm³/mol. The molecule has 1 fully saturated rings. The first-order chi connectivity index (χ1) is 9.77. The van der Waals surface area contributed by atoms with E-state index in [9.17, 15) is 9.59 Å². The van der Waals surface area contributed by atoms with Crippen molar-refractivity contribution in [3.8, 4) is 0 Å². The maximum absolute atomic E-state index is 12.3. The monoisotopic (exact) mass is 354 g/mol. The van der Waals surface area contributed by atoms with Crippen LogP contribution in [0.4, 0.5) is 0 Å². The Hall–Kier alpha value is -1.27. The fourth-order valence-electron chi connectivity index (χ4n) is 2.02. The van der Waals surface area contributed by atoms with Crippen LogP contribution in [0.3, 0.4) is 0 Å². The summed E-state index contributed by atoms with van der Waals surface area (Å²) in [6.07, 6.45) is 1.69. The van der Waals surface area contributed by atoms with Crippen molar-refractivity contribution in [2.45, 2.75) is 33.4 Å². The first kappa shape index (κ1) is 16.1. The Bertz CT molecular complexity index is 537. The molecule has 1 aliphatic rings. The van der Waals surface area contributed by atoms with Crippen LogP contribution >= 0.6 is 15.9 Å². The van der Waals surface area contributed by atoms with Gasteiger partial charge in [-0.2, -0.15) is 0 Å². The number of carbonyl (C=O) groups is 2. The number of nitrogens with one attached hydrogen (secondary N) is 1. The van der Waals surface area contributed by atoms with Gasteiger partial charge < -0.3 is 4.74 Å². The number of esters is 1. The summed E-state index contributed by atoms with van der Waals surface area (Å²) >= 11 is 3.29. The molecule has 1 aliphatic heterocycles. The van der Waals surface area contributed by atoms with Gasteiger partial charge in [0, 0.05) is 29.6 Å². The summed E-state index contributed by atoms with van der Waals surface area (Å²) in [6.45, 7) is 5.91. The highest BCUT2D eigenvalue weighted by molar-refractivity contribution is 9.10. The van der Waals surface area contributed by atoms with Crippen LogP contribution in [0.15, 0.2) is 22.8 Å². The third kappa shape index (κ3) is 4.11. The van der Waals surface area contributed by atoms with Crippen LogP contribution in [0, 0.1) is 11.3 Å². The Morgan fingerprint density at radius 2 is 2.10 bits per heavy atom. The molecule has 114 valence electrons. The van der Waals surface area contributed by atoms with Crippen LogP contribution in [0.25, 0.3) is 0 Å². The summed E-state index contributed by atoms with van der Waals surface area (Å²) in [5, 5.41) is 3.07. The van der Waals surface area contributed by atoms with Crippen molar-refractivity contribution in [3.63, 3.8) is 0 Å². The highest BCUT2D eigenvalue weighted by atomic mass is 79.9. The second kappa shape index (κ2) is 6.23. The molecule has 6 heteroatoms. The molecule has 1 N–H and O–H groups in total. The van der Waals surface area contributed by atoms with E-state index in [-0.39, 0.29) is 17.7 Å². The van der Waals surface area contributed by atoms with Crippen molar-refractivity contribution in [2.75, 3.05) is 6.54 Å². The lowest BCUT2D eigenvalue weighted by Gasteiger charge is -2.20. The van der Waals surface area contributed by atoms with Gasteiger partial charge in [0.15, 0.2) is 12.0 Å². The number of nitrogens with zero attached hydrogens (tertiary/aromatic N) is 1. The molecule has 1 aromatic rings. The molecule has 1 aromatic heterocycles. The quantitative estimate of drug-likeness (QED) is 0.667. The zero-order chi connectivity index (χ0) is 15.6. The van der Waals surface area contributed by atoms with Gasteiger partial charge in [0.2, 0.25) is 0 Å². The zero-order valence-corrected chi connectivity index (χ0v) is 13.9. The average Bonchev–Trinajstić information content (AvgIpc) is 2.86. The van der Waals surface area contributed by atoms with Gasteiger partial charge in [-0.05, 0) is 48.8 Å². The molecule has 2 unspecified atom stereocenters. The topological polar surface area (TPSA) is 68.3 Å². The molecular formula is C15H19BrN2O3. The molecule has 0 spiro atoms. The molecule has 2 atom stereocenters. The highest BCUT2D eigenvalue weighted by Gasteiger charge is 2.34. The summed E-state index contributed by atoms with van der Waals surface area (Å²) in [5.41, 5.74) is -0.107. The molecule has 0 amide bonds. The number of hydrogen-bond donors (Lipinski definition) is 1. The van der Waals surface area contributed by atoms with Crippen LogP contribution in [0.1, 0.15) is 37.7 Å². The maximum atomic E-state index is 12.3. The first-order valence-electron chi connectivity index (χ1n) is 6.87. The van der Waals surface area contributed by atoms with E-state index in [0.29, 0.717) is 18.7 Å². The Balaban J connectivity index is 1.94. The fourth-order valence-corrected chi connectivity index (χ4v) is 2.26. The van der Waals surface area contributed by atoms with Crippen LogP contribution in [-0.2, 0) is 9.53 Å². The van der Waals surface area contributed by atoms with Gasteiger partial charge in [-0.1, -0.05) is 0 Å². The first-order valence-corrected chi connectivity index (χ1v) is 7.67. The van der Waals surface area contributed by atoms with Crippen molar-refractivity contribution in [2.24, 2.45) is 11.3 Å². The fraction of sp³-hybridized carbons (Fsp3) is 0.533. The van der Waals surface area contributed by atoms with E-state index in [0.717, 1.165) is 4.47 Å². The Morgan fingerprint density at radius 1 is 1.38 bits per heavy atom. The molecule has 1 saturated heterocycles. The van der Waals surface area contributed by atoms with Crippen LogP contribution in [0.5, 0.6) is 0 Å². The molecule has 0 bridgehead atoms. The number of hydrogen-bond acceptors (Lipinski definition) is 5. The van der Waals surface area contributed by atoms with Gasteiger partial charge in [-0.3, -0.25) is 19.9 Å². The summed E-state index contributed by atoms with van der Waals surface area (Å²) in [5.74, 6) is -0.504. The molecular weight excluding hydrogens is 336 g/mol. The largest absolute Gasteiger partial charge is 0.446 e. The number of rotatable bonds is 3.